The van der Waals surface area contributed by atoms with Gasteiger partial charge in [0.2, 0.25) is 0 Å². The zero-order chi connectivity index (χ0) is 6.97. The van der Waals surface area contributed by atoms with Gasteiger partial charge in [-0.1, -0.05) is 12.1 Å². The van der Waals surface area contributed by atoms with E-state index in [4.69, 9.17) is 0 Å². The summed E-state index contributed by atoms with van der Waals surface area (Å²) in [7, 11) is 0. The summed E-state index contributed by atoms with van der Waals surface area (Å²) < 4.78 is 0. The molecule has 0 unspecified atom stereocenters. The van der Waals surface area contributed by atoms with Crippen LogP contribution in [0.5, 0.6) is 0 Å². The number of hydrogen-bond acceptors (Lipinski definition) is 0. The molecule has 1 aromatic carbocycles. The van der Waals surface area contributed by atoms with E-state index in [-0.39, 0.29) is 0 Å². The maximum absolute atomic E-state index is 3.14. The van der Waals surface area contributed by atoms with Crippen molar-refractivity contribution in [2.24, 2.45) is 0 Å². The van der Waals surface area contributed by atoms with Crippen LogP contribution in [-0.2, 0) is 0 Å². The van der Waals surface area contributed by atoms with Gasteiger partial charge in [0.25, 0.3) is 0 Å². The Bertz CT molecular complexity index is 346. The van der Waals surface area contributed by atoms with Crippen LogP contribution in [0.1, 0.15) is 5.56 Å². The fourth-order valence-electron chi connectivity index (χ4n) is 1.08. The van der Waals surface area contributed by atoms with Crippen molar-refractivity contribution < 1.29 is 0 Å². The predicted octanol–water partition coefficient (Wildman–Crippen LogP) is 2.08. The quantitative estimate of drug-likeness (QED) is 0.560. The molecule has 0 fully saturated rings. The summed E-state index contributed by atoms with van der Waals surface area (Å²) in [6, 6.07) is 9.82. The monoisotopic (exact) mass is 129 g/mol. The summed E-state index contributed by atoms with van der Waals surface area (Å²) >= 11 is 0. The zero-order valence-corrected chi connectivity index (χ0v) is 5.73. The lowest BCUT2D eigenvalue weighted by atomic mass is 10.2. The van der Waals surface area contributed by atoms with Crippen molar-refractivity contribution in [3.8, 4) is 0 Å². The average molecular weight is 129 g/mol. The van der Waals surface area contributed by atoms with Crippen molar-refractivity contribution in [2.45, 2.75) is 6.92 Å². The summed E-state index contributed by atoms with van der Waals surface area (Å²) in [6.07, 6.45) is 1.98. The van der Waals surface area contributed by atoms with E-state index in [0.29, 0.717) is 0 Å². The van der Waals surface area contributed by atoms with Gasteiger partial charge in [0.05, 0.1) is 10.9 Å². The van der Waals surface area contributed by atoms with Gasteiger partial charge in [0, 0.05) is 6.20 Å². The molecular weight excluding hydrogens is 122 g/mol. The number of aromatic amines is 1. The Morgan fingerprint density at radius 2 is 2.40 bits per heavy atom. The molecule has 0 saturated heterocycles. The molecule has 48 valence electrons. The number of rotatable bonds is 0. The number of H-pyrrole nitrogens is 1. The van der Waals surface area contributed by atoms with Gasteiger partial charge in [-0.25, -0.2) is 0 Å². The standard InChI is InChI=1S/C9H7N/c1-7-6-10-9-5-3-2-4-8(7)9/h3,5-6,10H,1H3. The molecule has 1 N–H and O–H groups in total. The molecule has 1 aromatic heterocycles. The maximum Gasteiger partial charge on any atom is 0.0548 e. The van der Waals surface area contributed by atoms with Crippen LogP contribution in [0.2, 0.25) is 0 Å². The summed E-state index contributed by atoms with van der Waals surface area (Å²) in [5, 5.41) is 1.14. The van der Waals surface area contributed by atoms with Crippen LogP contribution in [0.4, 0.5) is 0 Å². The smallest absolute Gasteiger partial charge is 0.0548 e. The van der Waals surface area contributed by atoms with Crippen LogP contribution >= 0.6 is 0 Å². The Balaban J connectivity index is 2.93. The van der Waals surface area contributed by atoms with Gasteiger partial charge in [0.1, 0.15) is 0 Å². The second-order valence-electron chi connectivity index (χ2n) is 2.36. The highest BCUT2D eigenvalue weighted by Crippen LogP contribution is 2.12. The summed E-state index contributed by atoms with van der Waals surface area (Å²) in [4.78, 5) is 3.14. The molecule has 1 heterocycles. The van der Waals surface area contributed by atoms with Crippen molar-refractivity contribution in [3.63, 3.8) is 0 Å². The van der Waals surface area contributed by atoms with Crippen LogP contribution in [0.25, 0.3) is 10.9 Å². The van der Waals surface area contributed by atoms with E-state index in [2.05, 4.69) is 24.0 Å². The number of nitrogens with one attached hydrogen (secondary N) is 1. The molecule has 2 aromatic rings. The Labute approximate surface area is 59.7 Å². The molecule has 0 saturated carbocycles. The minimum atomic E-state index is 1.14. The summed E-state index contributed by atoms with van der Waals surface area (Å²) in [5.74, 6) is 0. The molecule has 0 atom stereocenters. The Hall–Kier alpha value is -1.42. The van der Waals surface area contributed by atoms with Crippen molar-refractivity contribution in [2.75, 3.05) is 0 Å². The third kappa shape index (κ3) is 0.593. The number of aryl methyl sites for hydroxylation is 1. The third-order valence-electron chi connectivity index (χ3n) is 1.64. The summed E-state index contributed by atoms with van der Waals surface area (Å²) in [6.45, 7) is 2.06. The van der Waals surface area contributed by atoms with Crippen molar-refractivity contribution in [1.82, 2.24) is 4.98 Å². The fraction of sp³-hybridized carbons (Fsp3) is 0.111. The van der Waals surface area contributed by atoms with Crippen LogP contribution in [0.15, 0.2) is 18.3 Å². The lowest BCUT2D eigenvalue weighted by Crippen LogP contribution is -1.62. The van der Waals surface area contributed by atoms with Gasteiger partial charge in [-0.05, 0) is 24.6 Å². The van der Waals surface area contributed by atoms with Gasteiger partial charge in [-0.3, -0.25) is 0 Å². The minimum Gasteiger partial charge on any atom is -0.360 e. The second-order valence-corrected chi connectivity index (χ2v) is 2.36. The molecule has 0 amide bonds. The molecule has 0 aliphatic rings. The first-order chi connectivity index (χ1) is 4.88. The van der Waals surface area contributed by atoms with Crippen molar-refractivity contribution in [3.05, 3.63) is 36.0 Å². The highest BCUT2D eigenvalue weighted by Gasteiger charge is 1.94. The van der Waals surface area contributed by atoms with E-state index < -0.39 is 0 Å². The molecule has 1 heteroatoms. The lowest BCUT2D eigenvalue weighted by Gasteiger charge is -1.81. The number of aromatic nitrogens is 1. The zero-order valence-electron chi connectivity index (χ0n) is 5.73. The number of fused-ring (bicyclic) bond motifs is 1. The summed E-state index contributed by atoms with van der Waals surface area (Å²) in [5.41, 5.74) is 2.36. The predicted molar refractivity (Wildman–Crippen MR) is 40.7 cm³/mol. The first kappa shape index (κ1) is 5.37. The van der Waals surface area contributed by atoms with E-state index in [1.54, 1.807) is 0 Å². The molecule has 0 aliphatic heterocycles. The molecule has 0 bridgehead atoms. The highest BCUT2D eigenvalue weighted by molar-refractivity contribution is 5.80. The van der Waals surface area contributed by atoms with Crippen LogP contribution in [0.3, 0.4) is 0 Å². The topological polar surface area (TPSA) is 15.8 Å². The van der Waals surface area contributed by atoms with Gasteiger partial charge >= 0.3 is 0 Å². The van der Waals surface area contributed by atoms with Crippen LogP contribution in [0, 0.1) is 19.1 Å². The second kappa shape index (κ2) is 1.78. The van der Waals surface area contributed by atoms with Gasteiger partial charge in [-0.2, -0.15) is 0 Å². The Kier molecular flexibility index (Phi) is 0.956. The average Bonchev–Trinajstić information content (AvgIpc) is 2.34. The molecule has 10 heavy (non-hydrogen) atoms. The van der Waals surface area contributed by atoms with E-state index >= 15 is 0 Å². The molecule has 0 radical (unpaired) electrons. The van der Waals surface area contributed by atoms with Crippen molar-refractivity contribution in [1.29, 1.82) is 0 Å². The number of hydrogen-bond donors (Lipinski definition) is 1. The Morgan fingerprint density at radius 1 is 1.50 bits per heavy atom. The molecule has 1 nitrogen and oxygen atoms in total. The van der Waals surface area contributed by atoms with E-state index in [9.17, 15) is 0 Å². The third-order valence-corrected chi connectivity index (χ3v) is 1.64. The van der Waals surface area contributed by atoms with Crippen molar-refractivity contribution >= 4 is 10.9 Å². The molecule has 0 spiro atoms. The molecule has 0 aliphatic carbocycles. The minimum absolute atomic E-state index is 1.14. The normalized spacial score (nSPS) is 9.70. The van der Waals surface area contributed by atoms with E-state index in [1.807, 2.05) is 18.3 Å². The van der Waals surface area contributed by atoms with Gasteiger partial charge in [0.15, 0.2) is 0 Å². The van der Waals surface area contributed by atoms with E-state index in [1.165, 1.54) is 5.56 Å². The lowest BCUT2D eigenvalue weighted by molar-refractivity contribution is 1.43. The first-order valence-electron chi connectivity index (χ1n) is 3.24. The molecule has 2 rings (SSSR count). The maximum atomic E-state index is 3.14. The van der Waals surface area contributed by atoms with Gasteiger partial charge < -0.3 is 4.98 Å². The largest absolute Gasteiger partial charge is 0.360 e. The van der Waals surface area contributed by atoms with Crippen LogP contribution in [-0.4, -0.2) is 4.98 Å². The first-order valence-corrected chi connectivity index (χ1v) is 3.24. The van der Waals surface area contributed by atoms with Crippen LogP contribution < -0.4 is 0 Å². The Morgan fingerprint density at radius 3 is 3.20 bits per heavy atom. The van der Waals surface area contributed by atoms with E-state index in [0.717, 1.165) is 10.9 Å². The fourth-order valence-corrected chi connectivity index (χ4v) is 1.08. The highest BCUT2D eigenvalue weighted by atomic mass is 14.7. The van der Waals surface area contributed by atoms with Gasteiger partial charge in [-0.15, -0.1) is 0 Å². The molecular formula is C9H7N. The SMILES string of the molecule is Cc1c[nH]c2ccc#cc12.